The molecule has 50 heavy (non-hydrogen) atoms. The second-order valence-corrected chi connectivity index (χ2v) is 16.2. The lowest BCUT2D eigenvalue weighted by molar-refractivity contribution is -0.117. The van der Waals surface area contributed by atoms with E-state index in [1.54, 1.807) is 0 Å². The fourth-order valence-corrected chi connectivity index (χ4v) is 5.58. The number of anilines is 3. The third-order valence-electron chi connectivity index (χ3n) is 6.28. The molecule has 0 spiro atoms. The maximum Gasteiger partial charge on any atom is 0.424 e. The van der Waals surface area contributed by atoms with Gasteiger partial charge in [0.15, 0.2) is 11.6 Å². The van der Waals surface area contributed by atoms with Crippen LogP contribution in [0.1, 0.15) is 70.3 Å². The van der Waals surface area contributed by atoms with Crippen LogP contribution in [0.4, 0.5) is 35.4 Å². The molecule has 0 aromatic heterocycles. The van der Waals surface area contributed by atoms with Crippen molar-refractivity contribution < 1.29 is 37.4 Å². The van der Waals surface area contributed by atoms with Crippen molar-refractivity contribution in [2.45, 2.75) is 69.9 Å². The summed E-state index contributed by atoms with van der Waals surface area (Å²) in [6, 6.07) is 8.15. The number of halogens is 8. The first-order valence-corrected chi connectivity index (χ1v) is 16.8. The van der Waals surface area contributed by atoms with E-state index in [-0.39, 0.29) is 41.8 Å². The maximum atomic E-state index is 16.0. The van der Waals surface area contributed by atoms with Gasteiger partial charge >= 0.3 is 12.2 Å². The second kappa shape index (κ2) is 15.7. The highest BCUT2D eigenvalue weighted by molar-refractivity contribution is 6.50. The molecule has 270 valence electrons. The Bertz CT molecular complexity index is 1790. The largest absolute Gasteiger partial charge is 0.443 e. The van der Waals surface area contributed by atoms with Crippen molar-refractivity contribution in [1.82, 2.24) is 0 Å². The third-order valence-corrected chi connectivity index (χ3v) is 8.24. The standard InChI is InChI=1S/C33H31Cl6F2N3O6/c1-31(2,3)49-29(47)44(30(48)50-32(4,5)6)26-21(40)10-11-22(25(26)41)43-27(45)17-14-16(8-9-18(17)34)42-28(46)23(33(7,38)39)15-12-19(35)24(37)20(36)13-15/h8-14,23H,1-7H3,(H,42,46)(H,43,45)/t23-/m0/s1. The Labute approximate surface area is 317 Å². The van der Waals surface area contributed by atoms with Crippen LogP contribution in [-0.2, 0) is 14.3 Å². The molecule has 3 aromatic rings. The average Bonchev–Trinajstić information content (AvgIpc) is 2.93. The van der Waals surface area contributed by atoms with E-state index >= 15 is 8.78 Å². The van der Waals surface area contributed by atoms with E-state index in [0.717, 1.165) is 12.1 Å². The molecule has 0 unspecified atom stereocenters. The Morgan fingerprint density at radius 3 is 1.74 bits per heavy atom. The summed E-state index contributed by atoms with van der Waals surface area (Å²) in [5.41, 5.74) is -4.15. The number of amides is 4. The first-order chi connectivity index (χ1) is 22.8. The van der Waals surface area contributed by atoms with Crippen molar-refractivity contribution in [2.24, 2.45) is 0 Å². The summed E-state index contributed by atoms with van der Waals surface area (Å²) in [5.74, 6) is -5.86. The minimum atomic E-state index is -1.69. The molecule has 4 amide bonds. The van der Waals surface area contributed by atoms with Gasteiger partial charge in [-0.25, -0.2) is 18.4 Å². The topological polar surface area (TPSA) is 114 Å². The van der Waals surface area contributed by atoms with E-state index < -0.39 is 68.5 Å². The van der Waals surface area contributed by atoms with Crippen LogP contribution in [0.5, 0.6) is 0 Å². The summed E-state index contributed by atoms with van der Waals surface area (Å²) in [7, 11) is 0. The molecule has 17 heteroatoms. The molecule has 0 heterocycles. The summed E-state index contributed by atoms with van der Waals surface area (Å²) < 4.78 is 39.9. The molecule has 0 aliphatic heterocycles. The van der Waals surface area contributed by atoms with Crippen molar-refractivity contribution in [1.29, 1.82) is 0 Å². The molecular weight excluding hydrogens is 785 g/mol. The van der Waals surface area contributed by atoms with Crippen LogP contribution in [0.15, 0.2) is 42.5 Å². The van der Waals surface area contributed by atoms with E-state index in [1.807, 2.05) is 0 Å². The van der Waals surface area contributed by atoms with Gasteiger partial charge in [0.2, 0.25) is 5.91 Å². The lowest BCUT2D eigenvalue weighted by Crippen LogP contribution is -2.44. The fraction of sp³-hybridized carbons (Fsp3) is 0.333. The lowest BCUT2D eigenvalue weighted by Gasteiger charge is -2.29. The Morgan fingerprint density at radius 1 is 0.740 bits per heavy atom. The predicted octanol–water partition coefficient (Wildman–Crippen LogP) is 11.4. The van der Waals surface area contributed by atoms with Gasteiger partial charge in [0.1, 0.15) is 21.2 Å². The van der Waals surface area contributed by atoms with Gasteiger partial charge in [0, 0.05) is 5.69 Å². The zero-order chi connectivity index (χ0) is 38.1. The Morgan fingerprint density at radius 2 is 1.26 bits per heavy atom. The molecule has 0 aliphatic carbocycles. The van der Waals surface area contributed by atoms with Gasteiger partial charge in [0.05, 0.1) is 37.3 Å². The molecule has 0 fully saturated rings. The zero-order valence-electron chi connectivity index (χ0n) is 27.5. The van der Waals surface area contributed by atoms with E-state index in [0.29, 0.717) is 0 Å². The zero-order valence-corrected chi connectivity index (χ0v) is 32.1. The number of nitrogens with zero attached hydrogens (tertiary/aromatic N) is 1. The molecule has 3 aromatic carbocycles. The van der Waals surface area contributed by atoms with Crippen LogP contribution in [0.2, 0.25) is 20.1 Å². The average molecular weight is 816 g/mol. The summed E-state index contributed by atoms with van der Waals surface area (Å²) in [5, 5.41) is 4.86. The van der Waals surface area contributed by atoms with Crippen LogP contribution in [0.3, 0.4) is 0 Å². The number of benzene rings is 3. The monoisotopic (exact) mass is 813 g/mol. The molecule has 0 bridgehead atoms. The van der Waals surface area contributed by atoms with E-state index in [1.165, 1.54) is 78.8 Å². The van der Waals surface area contributed by atoms with Gasteiger partial charge in [-0.15, -0.1) is 23.2 Å². The molecule has 0 aliphatic rings. The Balaban J connectivity index is 1.99. The number of ether oxygens (including phenoxy) is 2. The van der Waals surface area contributed by atoms with Crippen LogP contribution in [-0.4, -0.2) is 39.5 Å². The first kappa shape index (κ1) is 41.4. The highest BCUT2D eigenvalue weighted by atomic mass is 35.5. The van der Waals surface area contributed by atoms with Crippen molar-refractivity contribution >= 4 is 111 Å². The molecule has 0 saturated heterocycles. The van der Waals surface area contributed by atoms with Crippen LogP contribution < -0.4 is 15.5 Å². The summed E-state index contributed by atoms with van der Waals surface area (Å²) in [4.78, 5) is 53.1. The van der Waals surface area contributed by atoms with Gasteiger partial charge in [-0.2, -0.15) is 4.90 Å². The molecule has 9 nitrogen and oxygen atoms in total. The van der Waals surface area contributed by atoms with Crippen molar-refractivity contribution in [2.75, 3.05) is 15.5 Å². The first-order valence-electron chi connectivity index (χ1n) is 14.5. The van der Waals surface area contributed by atoms with Crippen LogP contribution in [0, 0.1) is 11.6 Å². The smallest absolute Gasteiger partial charge is 0.424 e. The van der Waals surface area contributed by atoms with E-state index in [9.17, 15) is 19.2 Å². The fourth-order valence-electron chi connectivity index (χ4n) is 4.31. The third kappa shape index (κ3) is 10.5. The normalized spacial score (nSPS) is 12.5. The van der Waals surface area contributed by atoms with Gasteiger partial charge in [0.25, 0.3) is 5.91 Å². The molecule has 2 N–H and O–H groups in total. The van der Waals surface area contributed by atoms with Crippen LogP contribution >= 0.6 is 69.6 Å². The summed E-state index contributed by atoms with van der Waals surface area (Å²) >= 11 is 37.4. The minimum absolute atomic E-state index is 0.0413. The maximum absolute atomic E-state index is 16.0. The minimum Gasteiger partial charge on any atom is -0.443 e. The van der Waals surface area contributed by atoms with E-state index in [4.69, 9.17) is 79.1 Å². The lowest BCUT2D eigenvalue weighted by atomic mass is 9.94. The molecule has 0 saturated carbocycles. The molecular formula is C33H31Cl6F2N3O6. The highest BCUT2D eigenvalue weighted by Gasteiger charge is 2.39. The van der Waals surface area contributed by atoms with Gasteiger partial charge in [-0.05, 0) is 96.5 Å². The molecule has 3 rings (SSSR count). The second-order valence-electron chi connectivity index (χ2n) is 12.9. The Kier molecular flexibility index (Phi) is 13.0. The van der Waals surface area contributed by atoms with Gasteiger partial charge < -0.3 is 20.1 Å². The molecule has 0 radical (unpaired) electrons. The number of carbonyl (C=O) groups is 4. The van der Waals surface area contributed by atoms with E-state index in [2.05, 4.69) is 10.6 Å². The number of alkyl halides is 2. The number of carbonyl (C=O) groups excluding carboxylic acids is 4. The van der Waals surface area contributed by atoms with Crippen LogP contribution in [0.25, 0.3) is 0 Å². The number of rotatable bonds is 7. The van der Waals surface area contributed by atoms with Crippen molar-refractivity contribution in [3.8, 4) is 0 Å². The number of imide groups is 1. The number of hydrogen-bond donors (Lipinski definition) is 2. The number of hydrogen-bond acceptors (Lipinski definition) is 6. The van der Waals surface area contributed by atoms with Crippen molar-refractivity contribution in [3.63, 3.8) is 0 Å². The van der Waals surface area contributed by atoms with Gasteiger partial charge in [-0.1, -0.05) is 46.4 Å². The Hall–Kier alpha value is -3.06. The van der Waals surface area contributed by atoms with Crippen molar-refractivity contribution in [3.05, 3.63) is 85.3 Å². The summed E-state index contributed by atoms with van der Waals surface area (Å²) in [6.07, 6.45) is -2.88. The highest BCUT2D eigenvalue weighted by Crippen LogP contribution is 2.42. The number of nitrogens with one attached hydrogen (secondary N) is 2. The summed E-state index contributed by atoms with van der Waals surface area (Å²) in [6.45, 7) is 10.3. The quantitative estimate of drug-likeness (QED) is 0.181. The molecule has 1 atom stereocenters. The SMILES string of the molecule is CC(C)(C)OC(=O)N(C(=O)OC(C)(C)C)c1c(F)ccc(NC(=O)c2cc(NC(=O)[C@H](c3cc(Cl)c(Cl)c(Cl)c3)C(C)(Cl)Cl)ccc2Cl)c1F. The predicted molar refractivity (Wildman–Crippen MR) is 194 cm³/mol. The van der Waals surface area contributed by atoms with Gasteiger partial charge in [-0.3, -0.25) is 9.59 Å².